The molecule has 0 saturated heterocycles. The third-order valence-corrected chi connectivity index (χ3v) is 3.75. The summed E-state index contributed by atoms with van der Waals surface area (Å²) < 4.78 is 0. The lowest BCUT2D eigenvalue weighted by molar-refractivity contribution is 0.201. The van der Waals surface area contributed by atoms with Crippen molar-refractivity contribution in [2.45, 2.75) is 20.0 Å². The highest BCUT2D eigenvalue weighted by Crippen LogP contribution is 2.31. The molecule has 3 heteroatoms. The van der Waals surface area contributed by atoms with E-state index in [1.54, 1.807) is 6.92 Å². The molecular formula is C19H16N2O. The van der Waals surface area contributed by atoms with Crippen molar-refractivity contribution in [2.75, 3.05) is 0 Å². The van der Waals surface area contributed by atoms with E-state index in [4.69, 9.17) is 0 Å². The number of aromatic nitrogens is 1. The van der Waals surface area contributed by atoms with Crippen molar-refractivity contribution in [3.63, 3.8) is 0 Å². The predicted octanol–water partition coefficient (Wildman–Crippen LogP) is 4.14. The Morgan fingerprint density at radius 1 is 1.14 bits per heavy atom. The maximum absolute atomic E-state index is 10.0. The highest BCUT2D eigenvalue weighted by molar-refractivity contribution is 5.89. The molecule has 1 unspecified atom stereocenters. The van der Waals surface area contributed by atoms with E-state index >= 15 is 0 Å². The number of fused-ring (bicyclic) bond motifs is 1. The number of benzene rings is 2. The van der Waals surface area contributed by atoms with Crippen LogP contribution in [0.1, 0.15) is 29.8 Å². The van der Waals surface area contributed by atoms with Gasteiger partial charge in [-0.25, -0.2) is 4.98 Å². The number of pyridine rings is 1. The minimum atomic E-state index is -0.583. The first-order valence-electron chi connectivity index (χ1n) is 7.19. The molecule has 0 fully saturated rings. The summed E-state index contributed by atoms with van der Waals surface area (Å²) in [6, 6.07) is 17.8. The Bertz CT molecular complexity index is 877. The first kappa shape index (κ1) is 14.2. The van der Waals surface area contributed by atoms with E-state index < -0.39 is 6.10 Å². The lowest BCUT2D eigenvalue weighted by atomic mass is 9.96. The van der Waals surface area contributed by atoms with Crippen molar-refractivity contribution < 1.29 is 5.11 Å². The summed E-state index contributed by atoms with van der Waals surface area (Å²) in [7, 11) is 0. The first-order valence-corrected chi connectivity index (χ1v) is 7.19. The Hall–Kier alpha value is -2.70. The molecule has 0 aliphatic rings. The van der Waals surface area contributed by atoms with E-state index in [9.17, 15) is 10.4 Å². The van der Waals surface area contributed by atoms with Gasteiger partial charge in [0.05, 0.1) is 11.6 Å². The van der Waals surface area contributed by atoms with Gasteiger partial charge < -0.3 is 5.11 Å². The fourth-order valence-corrected chi connectivity index (χ4v) is 2.72. The zero-order valence-electron chi connectivity index (χ0n) is 12.5. The normalized spacial score (nSPS) is 12.1. The molecule has 1 aromatic heterocycles. The number of nitriles is 1. The first-order chi connectivity index (χ1) is 10.6. The van der Waals surface area contributed by atoms with E-state index in [1.165, 1.54) is 0 Å². The standard InChI is InChI=1S/C19H16N2O/c1-12-8-15(13(2)22)17-10-16(14-6-4-3-5-7-14)19(11-20)21-18(17)9-12/h3-10,13,22H,1-2H3. The fourth-order valence-electron chi connectivity index (χ4n) is 2.72. The summed E-state index contributed by atoms with van der Waals surface area (Å²) in [6.45, 7) is 3.71. The van der Waals surface area contributed by atoms with Gasteiger partial charge in [-0.3, -0.25) is 0 Å². The topological polar surface area (TPSA) is 56.9 Å². The van der Waals surface area contributed by atoms with Crippen molar-refractivity contribution in [1.82, 2.24) is 4.98 Å². The highest BCUT2D eigenvalue weighted by atomic mass is 16.3. The van der Waals surface area contributed by atoms with Crippen molar-refractivity contribution in [2.24, 2.45) is 0 Å². The van der Waals surface area contributed by atoms with Crippen LogP contribution in [0, 0.1) is 18.3 Å². The van der Waals surface area contributed by atoms with Crippen LogP contribution in [0.4, 0.5) is 0 Å². The van der Waals surface area contributed by atoms with Crippen molar-refractivity contribution >= 4 is 10.9 Å². The number of aliphatic hydroxyl groups excluding tert-OH is 1. The monoisotopic (exact) mass is 288 g/mol. The summed E-state index contributed by atoms with van der Waals surface area (Å²) in [4.78, 5) is 4.50. The van der Waals surface area contributed by atoms with E-state index in [0.717, 1.165) is 33.2 Å². The molecule has 3 nitrogen and oxygen atoms in total. The summed E-state index contributed by atoms with van der Waals surface area (Å²) in [6.07, 6.45) is -0.583. The van der Waals surface area contributed by atoms with E-state index in [0.29, 0.717) is 5.69 Å². The summed E-state index contributed by atoms with van der Waals surface area (Å²) in [5.41, 5.74) is 4.75. The lowest BCUT2D eigenvalue weighted by Crippen LogP contribution is -1.98. The second kappa shape index (κ2) is 5.59. The van der Waals surface area contributed by atoms with Crippen LogP contribution in [0.15, 0.2) is 48.5 Å². The van der Waals surface area contributed by atoms with Crippen LogP contribution in [0.25, 0.3) is 22.0 Å². The van der Waals surface area contributed by atoms with Crippen LogP contribution in [0.3, 0.4) is 0 Å². The van der Waals surface area contributed by atoms with Crippen LogP contribution < -0.4 is 0 Å². The number of aryl methyl sites for hydroxylation is 1. The number of rotatable bonds is 2. The molecule has 0 aliphatic carbocycles. The van der Waals surface area contributed by atoms with Crippen LogP contribution in [-0.2, 0) is 0 Å². The Labute approximate surface area is 129 Å². The molecule has 0 aliphatic heterocycles. The molecular weight excluding hydrogens is 272 g/mol. The summed E-state index contributed by atoms with van der Waals surface area (Å²) in [5, 5.41) is 20.4. The zero-order chi connectivity index (χ0) is 15.7. The van der Waals surface area contributed by atoms with Gasteiger partial charge in [0.15, 0.2) is 0 Å². The maximum Gasteiger partial charge on any atom is 0.149 e. The van der Waals surface area contributed by atoms with Crippen molar-refractivity contribution in [3.8, 4) is 17.2 Å². The Kier molecular flexibility index (Phi) is 3.62. The van der Waals surface area contributed by atoms with Gasteiger partial charge in [-0.1, -0.05) is 36.4 Å². The molecule has 0 spiro atoms. The maximum atomic E-state index is 10.0. The van der Waals surface area contributed by atoms with E-state index in [1.807, 2.05) is 55.5 Å². The van der Waals surface area contributed by atoms with Crippen LogP contribution in [-0.4, -0.2) is 10.1 Å². The van der Waals surface area contributed by atoms with Gasteiger partial charge in [0.25, 0.3) is 0 Å². The third-order valence-electron chi connectivity index (χ3n) is 3.75. The molecule has 22 heavy (non-hydrogen) atoms. The summed E-state index contributed by atoms with van der Waals surface area (Å²) >= 11 is 0. The molecule has 0 radical (unpaired) electrons. The van der Waals surface area contributed by atoms with Gasteiger partial charge in [-0.15, -0.1) is 0 Å². The van der Waals surface area contributed by atoms with E-state index in [2.05, 4.69) is 11.1 Å². The number of hydrogen-bond donors (Lipinski definition) is 1. The Balaban J connectivity index is 2.37. The molecule has 1 N–H and O–H groups in total. The molecule has 2 aromatic carbocycles. The quantitative estimate of drug-likeness (QED) is 0.771. The van der Waals surface area contributed by atoms with Crippen molar-refractivity contribution in [1.29, 1.82) is 5.26 Å². The molecule has 108 valence electrons. The number of hydrogen-bond acceptors (Lipinski definition) is 3. The number of nitrogens with zero attached hydrogens (tertiary/aromatic N) is 2. The second-order valence-corrected chi connectivity index (χ2v) is 5.46. The minimum absolute atomic E-state index is 0.404. The van der Waals surface area contributed by atoms with Gasteiger partial charge in [0.2, 0.25) is 0 Å². The fraction of sp³-hybridized carbons (Fsp3) is 0.158. The van der Waals surface area contributed by atoms with Crippen LogP contribution in [0.2, 0.25) is 0 Å². The van der Waals surface area contributed by atoms with Crippen molar-refractivity contribution in [3.05, 3.63) is 65.4 Å². The van der Waals surface area contributed by atoms with Crippen LogP contribution >= 0.6 is 0 Å². The second-order valence-electron chi connectivity index (χ2n) is 5.46. The van der Waals surface area contributed by atoms with E-state index in [-0.39, 0.29) is 0 Å². The molecule has 0 amide bonds. The van der Waals surface area contributed by atoms with Gasteiger partial charge in [-0.05, 0) is 42.7 Å². The molecule has 1 heterocycles. The lowest BCUT2D eigenvalue weighted by Gasteiger charge is -2.13. The van der Waals surface area contributed by atoms with Crippen LogP contribution in [0.5, 0.6) is 0 Å². The summed E-state index contributed by atoms with van der Waals surface area (Å²) in [5.74, 6) is 0. The SMILES string of the molecule is Cc1cc(C(C)O)c2cc(-c3ccccc3)c(C#N)nc2c1. The zero-order valence-corrected chi connectivity index (χ0v) is 12.5. The third kappa shape index (κ3) is 2.45. The molecule has 1 atom stereocenters. The number of aliphatic hydroxyl groups is 1. The smallest absolute Gasteiger partial charge is 0.149 e. The average molecular weight is 288 g/mol. The Morgan fingerprint density at radius 2 is 1.86 bits per heavy atom. The van der Waals surface area contributed by atoms with Gasteiger partial charge >= 0.3 is 0 Å². The van der Waals surface area contributed by atoms with Gasteiger partial charge in [-0.2, -0.15) is 5.26 Å². The molecule has 0 bridgehead atoms. The molecule has 0 saturated carbocycles. The average Bonchev–Trinajstić information content (AvgIpc) is 2.53. The minimum Gasteiger partial charge on any atom is -0.389 e. The van der Waals surface area contributed by atoms with Gasteiger partial charge in [0.1, 0.15) is 11.8 Å². The Morgan fingerprint density at radius 3 is 2.50 bits per heavy atom. The van der Waals surface area contributed by atoms with Gasteiger partial charge in [0, 0.05) is 10.9 Å². The largest absolute Gasteiger partial charge is 0.389 e. The predicted molar refractivity (Wildman–Crippen MR) is 87.3 cm³/mol. The molecule has 3 aromatic rings. The highest BCUT2D eigenvalue weighted by Gasteiger charge is 2.14. The molecule has 3 rings (SSSR count).